The van der Waals surface area contributed by atoms with E-state index in [9.17, 15) is 9.59 Å². The molecule has 2 aromatic carbocycles. The lowest BCUT2D eigenvalue weighted by atomic mass is 10.2. The maximum Gasteiger partial charge on any atom is 0.342 e. The maximum absolute atomic E-state index is 12.6. The number of methoxy groups -OCH3 is 2. The van der Waals surface area contributed by atoms with Crippen molar-refractivity contribution in [3.8, 4) is 17.6 Å². The topological polar surface area (TPSA) is 103 Å². The van der Waals surface area contributed by atoms with Crippen LogP contribution in [0.25, 0.3) is 10.9 Å². The first-order valence-electron chi connectivity index (χ1n) is 8.34. The fraction of sp³-hybridized carbons (Fsp3) is 0.200. The Morgan fingerprint density at radius 3 is 2.64 bits per heavy atom. The molecule has 0 aliphatic heterocycles. The number of nitriles is 1. The van der Waals surface area contributed by atoms with Crippen LogP contribution in [-0.4, -0.2) is 29.7 Å². The molecule has 3 aromatic rings. The molecule has 0 saturated heterocycles. The predicted octanol–water partition coefficient (Wildman–Crippen LogP) is 2.29. The average molecular weight is 379 g/mol. The Balaban J connectivity index is 1.94. The lowest BCUT2D eigenvalue weighted by Crippen LogP contribution is -2.26. The standard InChI is InChI=1S/C20H17N3O5/c1-26-16-9-5-7-14(18(16)27-2)20(25)28-12-17-22-15-8-4-3-6-13(15)19(24)23(17)11-10-21/h3-9H,11-12H2,1-2H3. The van der Waals surface area contributed by atoms with Crippen LogP contribution in [-0.2, 0) is 17.9 Å². The van der Waals surface area contributed by atoms with Crippen LogP contribution >= 0.6 is 0 Å². The van der Waals surface area contributed by atoms with Crippen LogP contribution in [0.15, 0.2) is 47.3 Å². The van der Waals surface area contributed by atoms with Crippen molar-refractivity contribution in [2.75, 3.05) is 14.2 Å². The van der Waals surface area contributed by atoms with E-state index in [2.05, 4.69) is 4.98 Å². The Kier molecular flexibility index (Phi) is 5.56. The van der Waals surface area contributed by atoms with Gasteiger partial charge in [0.2, 0.25) is 0 Å². The van der Waals surface area contributed by atoms with Crippen molar-refractivity contribution >= 4 is 16.9 Å². The van der Waals surface area contributed by atoms with Crippen molar-refractivity contribution < 1.29 is 19.0 Å². The van der Waals surface area contributed by atoms with Gasteiger partial charge < -0.3 is 14.2 Å². The van der Waals surface area contributed by atoms with Crippen LogP contribution in [0.1, 0.15) is 16.2 Å². The zero-order valence-electron chi connectivity index (χ0n) is 15.3. The molecule has 0 N–H and O–H groups in total. The predicted molar refractivity (Wildman–Crippen MR) is 100 cm³/mol. The number of carbonyl (C=O) groups is 1. The van der Waals surface area contributed by atoms with Gasteiger partial charge in [0.1, 0.15) is 18.7 Å². The van der Waals surface area contributed by atoms with Gasteiger partial charge in [0.05, 0.1) is 31.2 Å². The molecule has 28 heavy (non-hydrogen) atoms. The van der Waals surface area contributed by atoms with E-state index in [1.54, 1.807) is 42.5 Å². The molecule has 0 bridgehead atoms. The summed E-state index contributed by atoms with van der Waals surface area (Å²) in [5.41, 5.74) is 0.278. The van der Waals surface area contributed by atoms with E-state index < -0.39 is 5.97 Å². The molecule has 0 unspecified atom stereocenters. The molecule has 0 aliphatic carbocycles. The molecular formula is C20H17N3O5. The van der Waals surface area contributed by atoms with Gasteiger partial charge in [-0.2, -0.15) is 5.26 Å². The van der Waals surface area contributed by atoms with Crippen LogP contribution in [0.5, 0.6) is 11.5 Å². The van der Waals surface area contributed by atoms with Crippen LogP contribution in [0.4, 0.5) is 0 Å². The van der Waals surface area contributed by atoms with E-state index in [-0.39, 0.29) is 35.8 Å². The highest BCUT2D eigenvalue weighted by Crippen LogP contribution is 2.31. The first-order chi connectivity index (χ1) is 13.6. The second kappa shape index (κ2) is 8.22. The number of hydrogen-bond donors (Lipinski definition) is 0. The SMILES string of the molecule is COc1cccc(C(=O)OCc2nc3ccccc3c(=O)n2CC#N)c1OC. The van der Waals surface area contributed by atoms with Crippen LogP contribution in [0, 0.1) is 11.3 Å². The van der Waals surface area contributed by atoms with E-state index in [1.165, 1.54) is 18.8 Å². The Morgan fingerprint density at radius 1 is 1.14 bits per heavy atom. The molecule has 8 heteroatoms. The van der Waals surface area contributed by atoms with Gasteiger partial charge in [0, 0.05) is 0 Å². The highest BCUT2D eigenvalue weighted by atomic mass is 16.5. The molecule has 0 radical (unpaired) electrons. The van der Waals surface area contributed by atoms with Gasteiger partial charge >= 0.3 is 5.97 Å². The van der Waals surface area contributed by atoms with Crippen LogP contribution in [0.2, 0.25) is 0 Å². The lowest BCUT2D eigenvalue weighted by Gasteiger charge is -2.13. The van der Waals surface area contributed by atoms with E-state index in [0.29, 0.717) is 16.7 Å². The number of aromatic nitrogens is 2. The summed E-state index contributed by atoms with van der Waals surface area (Å²) in [6, 6.07) is 13.6. The first kappa shape index (κ1) is 18.9. The molecule has 0 fully saturated rings. The average Bonchev–Trinajstić information content (AvgIpc) is 2.73. The van der Waals surface area contributed by atoms with Gasteiger partial charge in [-0.15, -0.1) is 0 Å². The molecule has 0 amide bonds. The van der Waals surface area contributed by atoms with E-state index in [0.717, 1.165) is 0 Å². The molecule has 8 nitrogen and oxygen atoms in total. The summed E-state index contributed by atoms with van der Waals surface area (Å²) < 4.78 is 17.0. The van der Waals surface area contributed by atoms with Crippen molar-refractivity contribution in [1.82, 2.24) is 9.55 Å². The molecule has 0 aliphatic rings. The lowest BCUT2D eigenvalue weighted by molar-refractivity contribution is 0.0453. The quantitative estimate of drug-likeness (QED) is 0.605. The number of para-hydroxylation sites is 2. The normalized spacial score (nSPS) is 10.3. The van der Waals surface area contributed by atoms with Crippen molar-refractivity contribution in [1.29, 1.82) is 5.26 Å². The summed E-state index contributed by atoms with van der Waals surface area (Å²) in [7, 11) is 2.89. The van der Waals surface area contributed by atoms with Crippen LogP contribution in [0.3, 0.4) is 0 Å². The molecular weight excluding hydrogens is 362 g/mol. The highest BCUT2D eigenvalue weighted by Gasteiger charge is 2.19. The number of benzene rings is 2. The van der Waals surface area contributed by atoms with Gasteiger partial charge in [-0.25, -0.2) is 9.78 Å². The largest absolute Gasteiger partial charge is 0.493 e. The van der Waals surface area contributed by atoms with Gasteiger partial charge in [-0.3, -0.25) is 9.36 Å². The van der Waals surface area contributed by atoms with E-state index in [4.69, 9.17) is 19.5 Å². The Bertz CT molecular complexity index is 1130. The summed E-state index contributed by atoms with van der Waals surface area (Å²) in [5.74, 6) is 0.153. The fourth-order valence-electron chi connectivity index (χ4n) is 2.81. The number of rotatable bonds is 6. The minimum absolute atomic E-state index is 0.178. The second-order valence-corrected chi connectivity index (χ2v) is 5.71. The smallest absolute Gasteiger partial charge is 0.342 e. The summed E-state index contributed by atoms with van der Waals surface area (Å²) in [4.78, 5) is 29.6. The van der Waals surface area contributed by atoms with E-state index in [1.807, 2.05) is 6.07 Å². The second-order valence-electron chi connectivity index (χ2n) is 5.71. The summed E-state index contributed by atoms with van der Waals surface area (Å²) in [5, 5.41) is 9.44. The van der Waals surface area contributed by atoms with E-state index >= 15 is 0 Å². The third-order valence-corrected chi connectivity index (χ3v) is 4.12. The molecule has 1 heterocycles. The molecule has 3 rings (SSSR count). The minimum atomic E-state index is -0.665. The first-order valence-corrected chi connectivity index (χ1v) is 8.34. The zero-order chi connectivity index (χ0) is 20.1. The van der Waals surface area contributed by atoms with Crippen molar-refractivity contribution in [2.24, 2.45) is 0 Å². The molecule has 0 spiro atoms. The third-order valence-electron chi connectivity index (χ3n) is 4.12. The minimum Gasteiger partial charge on any atom is -0.493 e. The van der Waals surface area contributed by atoms with Crippen molar-refractivity contribution in [3.63, 3.8) is 0 Å². The Morgan fingerprint density at radius 2 is 1.93 bits per heavy atom. The molecule has 0 atom stereocenters. The number of hydrogen-bond acceptors (Lipinski definition) is 7. The Hall–Kier alpha value is -3.86. The van der Waals surface area contributed by atoms with Crippen molar-refractivity contribution in [3.05, 3.63) is 64.2 Å². The number of fused-ring (bicyclic) bond motifs is 1. The number of esters is 1. The van der Waals surface area contributed by atoms with Crippen LogP contribution < -0.4 is 15.0 Å². The van der Waals surface area contributed by atoms with Gasteiger partial charge in [-0.05, 0) is 24.3 Å². The third kappa shape index (κ3) is 3.50. The van der Waals surface area contributed by atoms with Gasteiger partial charge in [0.25, 0.3) is 5.56 Å². The fourth-order valence-corrected chi connectivity index (χ4v) is 2.81. The number of carbonyl (C=O) groups excluding carboxylic acids is 1. The van der Waals surface area contributed by atoms with Gasteiger partial charge in [-0.1, -0.05) is 18.2 Å². The number of nitrogens with zero attached hydrogens (tertiary/aromatic N) is 3. The zero-order valence-corrected chi connectivity index (χ0v) is 15.3. The molecule has 142 valence electrons. The van der Waals surface area contributed by atoms with Gasteiger partial charge in [0.15, 0.2) is 17.3 Å². The molecule has 1 aromatic heterocycles. The highest BCUT2D eigenvalue weighted by molar-refractivity contribution is 5.93. The van der Waals surface area contributed by atoms with Crippen molar-refractivity contribution in [2.45, 2.75) is 13.2 Å². The monoisotopic (exact) mass is 379 g/mol. The Labute approximate surface area is 160 Å². The summed E-state index contributed by atoms with van der Waals surface area (Å²) >= 11 is 0. The summed E-state index contributed by atoms with van der Waals surface area (Å²) in [6.45, 7) is -0.479. The molecule has 0 saturated carbocycles. The maximum atomic E-state index is 12.6. The summed E-state index contributed by atoms with van der Waals surface area (Å²) in [6.07, 6.45) is 0. The number of ether oxygens (including phenoxy) is 3.